The van der Waals surface area contributed by atoms with Crippen LogP contribution in [0.15, 0.2) is 48.5 Å². The van der Waals surface area contributed by atoms with Crippen LogP contribution in [0, 0.1) is 0 Å². The lowest BCUT2D eigenvalue weighted by atomic mass is 9.87. The van der Waals surface area contributed by atoms with Gasteiger partial charge in [0.1, 0.15) is 0 Å². The minimum atomic E-state index is -0.0609. The van der Waals surface area contributed by atoms with E-state index < -0.39 is 0 Å². The molecule has 3 heteroatoms. The van der Waals surface area contributed by atoms with Gasteiger partial charge in [0.05, 0.1) is 6.04 Å². The molecule has 0 saturated heterocycles. The molecule has 3 rings (SSSR count). The molecule has 0 fully saturated rings. The van der Waals surface area contributed by atoms with E-state index >= 15 is 0 Å². The number of amides is 1. The fraction of sp³-hybridized carbons (Fsp3) is 0.235. The molecule has 0 spiro atoms. The fourth-order valence-corrected chi connectivity index (χ4v) is 2.97. The van der Waals surface area contributed by atoms with Crippen LogP contribution in [0.4, 0.5) is 0 Å². The number of carbonyl (C=O) groups excluding carboxylic acids is 1. The Morgan fingerprint density at radius 2 is 2.00 bits per heavy atom. The summed E-state index contributed by atoms with van der Waals surface area (Å²) in [5.74, 6) is -0.0609. The number of aryl methyl sites for hydroxylation is 1. The second-order valence-electron chi connectivity index (χ2n) is 5.13. The Kier molecular flexibility index (Phi) is 3.75. The predicted octanol–water partition coefficient (Wildman–Crippen LogP) is 4.15. The zero-order chi connectivity index (χ0) is 13.9. The van der Waals surface area contributed by atoms with Gasteiger partial charge < -0.3 is 5.32 Å². The van der Waals surface area contributed by atoms with Crippen LogP contribution in [0.25, 0.3) is 0 Å². The smallest absolute Gasteiger partial charge is 0.251 e. The highest BCUT2D eigenvalue weighted by molar-refractivity contribution is 6.30. The molecule has 1 atom stereocenters. The number of rotatable bonds is 2. The summed E-state index contributed by atoms with van der Waals surface area (Å²) in [7, 11) is 0. The van der Waals surface area contributed by atoms with Crippen molar-refractivity contribution in [3.63, 3.8) is 0 Å². The zero-order valence-corrected chi connectivity index (χ0v) is 11.9. The molecule has 0 bridgehead atoms. The van der Waals surface area contributed by atoms with E-state index in [0.717, 1.165) is 19.3 Å². The Morgan fingerprint density at radius 1 is 1.15 bits per heavy atom. The topological polar surface area (TPSA) is 29.1 Å². The predicted molar refractivity (Wildman–Crippen MR) is 81.0 cm³/mol. The van der Waals surface area contributed by atoms with E-state index in [-0.39, 0.29) is 11.9 Å². The lowest BCUT2D eigenvalue weighted by molar-refractivity contribution is 0.0933. The molecule has 0 aliphatic heterocycles. The summed E-state index contributed by atoms with van der Waals surface area (Å²) in [4.78, 5) is 12.3. The van der Waals surface area contributed by atoms with E-state index in [1.165, 1.54) is 11.1 Å². The first-order valence-electron chi connectivity index (χ1n) is 6.88. The molecular weight excluding hydrogens is 270 g/mol. The number of nitrogens with one attached hydrogen (secondary N) is 1. The molecule has 1 unspecified atom stereocenters. The second kappa shape index (κ2) is 5.68. The summed E-state index contributed by atoms with van der Waals surface area (Å²) >= 11 is 5.93. The number of hydrogen-bond donors (Lipinski definition) is 1. The minimum absolute atomic E-state index is 0.0609. The van der Waals surface area contributed by atoms with Gasteiger partial charge in [-0.25, -0.2) is 0 Å². The van der Waals surface area contributed by atoms with Gasteiger partial charge >= 0.3 is 0 Å². The summed E-state index contributed by atoms with van der Waals surface area (Å²) in [6.45, 7) is 0. The highest BCUT2D eigenvalue weighted by Gasteiger charge is 2.21. The summed E-state index contributed by atoms with van der Waals surface area (Å²) < 4.78 is 0. The summed E-state index contributed by atoms with van der Waals surface area (Å²) in [6.07, 6.45) is 3.19. The van der Waals surface area contributed by atoms with Crippen molar-refractivity contribution < 1.29 is 4.79 Å². The monoisotopic (exact) mass is 285 g/mol. The average molecular weight is 286 g/mol. The number of halogens is 1. The third-order valence-electron chi connectivity index (χ3n) is 3.76. The van der Waals surface area contributed by atoms with Crippen molar-refractivity contribution in [3.8, 4) is 0 Å². The minimum Gasteiger partial charge on any atom is -0.345 e. The standard InChI is InChI=1S/C17H16ClNO/c18-14-8-3-7-13(11-14)17(20)19-16-10-4-6-12-5-1-2-9-15(12)16/h1-3,5,7-9,11,16H,4,6,10H2,(H,19,20). The van der Waals surface area contributed by atoms with Gasteiger partial charge in [-0.15, -0.1) is 0 Å². The first kappa shape index (κ1) is 13.2. The third kappa shape index (κ3) is 2.70. The van der Waals surface area contributed by atoms with E-state index in [1.807, 2.05) is 6.07 Å². The molecule has 0 saturated carbocycles. The normalized spacial score (nSPS) is 17.4. The molecule has 1 amide bonds. The summed E-state index contributed by atoms with van der Waals surface area (Å²) in [5, 5.41) is 3.71. The molecule has 0 radical (unpaired) electrons. The van der Waals surface area contributed by atoms with Crippen LogP contribution in [-0.4, -0.2) is 5.91 Å². The van der Waals surface area contributed by atoms with Gasteiger partial charge in [-0.1, -0.05) is 41.9 Å². The number of benzene rings is 2. The molecule has 102 valence electrons. The van der Waals surface area contributed by atoms with Crippen molar-refractivity contribution in [1.82, 2.24) is 5.32 Å². The third-order valence-corrected chi connectivity index (χ3v) is 4.00. The van der Waals surface area contributed by atoms with Gasteiger partial charge in [0, 0.05) is 10.6 Å². The van der Waals surface area contributed by atoms with Crippen LogP contribution in [0.1, 0.15) is 40.4 Å². The van der Waals surface area contributed by atoms with Crippen molar-refractivity contribution in [2.45, 2.75) is 25.3 Å². The van der Waals surface area contributed by atoms with Gasteiger partial charge in [-0.2, -0.15) is 0 Å². The van der Waals surface area contributed by atoms with Crippen molar-refractivity contribution in [3.05, 3.63) is 70.2 Å². The van der Waals surface area contributed by atoms with E-state index in [0.29, 0.717) is 10.6 Å². The Labute approximate surface area is 123 Å². The van der Waals surface area contributed by atoms with E-state index in [9.17, 15) is 4.79 Å². The Balaban J connectivity index is 1.81. The first-order chi connectivity index (χ1) is 9.74. The Bertz CT molecular complexity index is 638. The van der Waals surface area contributed by atoms with Crippen LogP contribution in [-0.2, 0) is 6.42 Å². The highest BCUT2D eigenvalue weighted by Crippen LogP contribution is 2.29. The molecular formula is C17H16ClNO. The summed E-state index contributed by atoms with van der Waals surface area (Å²) in [6, 6.07) is 15.5. The van der Waals surface area contributed by atoms with Crippen LogP contribution < -0.4 is 5.32 Å². The van der Waals surface area contributed by atoms with Crippen molar-refractivity contribution in [2.24, 2.45) is 0 Å². The second-order valence-corrected chi connectivity index (χ2v) is 5.56. The van der Waals surface area contributed by atoms with Gasteiger partial charge in [-0.05, 0) is 48.6 Å². The van der Waals surface area contributed by atoms with E-state index in [4.69, 9.17) is 11.6 Å². The maximum absolute atomic E-state index is 12.3. The fourth-order valence-electron chi connectivity index (χ4n) is 2.78. The van der Waals surface area contributed by atoms with Gasteiger partial charge in [0.15, 0.2) is 0 Å². The lowest BCUT2D eigenvalue weighted by Crippen LogP contribution is -2.30. The molecule has 1 N–H and O–H groups in total. The maximum Gasteiger partial charge on any atom is 0.251 e. The number of hydrogen-bond acceptors (Lipinski definition) is 1. The molecule has 2 aromatic rings. The summed E-state index contributed by atoms with van der Waals surface area (Å²) in [5.41, 5.74) is 3.20. The largest absolute Gasteiger partial charge is 0.345 e. The molecule has 2 aromatic carbocycles. The van der Waals surface area contributed by atoms with Crippen molar-refractivity contribution in [1.29, 1.82) is 0 Å². The van der Waals surface area contributed by atoms with Crippen LogP contribution in [0.3, 0.4) is 0 Å². The Morgan fingerprint density at radius 3 is 2.85 bits per heavy atom. The van der Waals surface area contributed by atoms with E-state index in [2.05, 4.69) is 23.5 Å². The molecule has 2 nitrogen and oxygen atoms in total. The van der Waals surface area contributed by atoms with Crippen molar-refractivity contribution in [2.75, 3.05) is 0 Å². The van der Waals surface area contributed by atoms with Gasteiger partial charge in [0.25, 0.3) is 5.91 Å². The van der Waals surface area contributed by atoms with Gasteiger partial charge in [0.2, 0.25) is 0 Å². The quantitative estimate of drug-likeness (QED) is 0.882. The number of fused-ring (bicyclic) bond motifs is 1. The van der Waals surface area contributed by atoms with Gasteiger partial charge in [-0.3, -0.25) is 4.79 Å². The Hall–Kier alpha value is -1.80. The zero-order valence-electron chi connectivity index (χ0n) is 11.1. The molecule has 0 heterocycles. The van der Waals surface area contributed by atoms with Crippen LogP contribution in [0.5, 0.6) is 0 Å². The molecule has 0 aromatic heterocycles. The molecule has 20 heavy (non-hydrogen) atoms. The molecule has 1 aliphatic rings. The molecule has 1 aliphatic carbocycles. The SMILES string of the molecule is O=C(NC1CCCc2ccccc21)c1cccc(Cl)c1. The average Bonchev–Trinajstić information content (AvgIpc) is 2.47. The van der Waals surface area contributed by atoms with Crippen molar-refractivity contribution >= 4 is 17.5 Å². The van der Waals surface area contributed by atoms with Crippen LogP contribution in [0.2, 0.25) is 5.02 Å². The number of carbonyl (C=O) groups is 1. The van der Waals surface area contributed by atoms with Crippen LogP contribution >= 0.6 is 11.6 Å². The highest BCUT2D eigenvalue weighted by atomic mass is 35.5. The van der Waals surface area contributed by atoms with E-state index in [1.54, 1.807) is 24.3 Å². The maximum atomic E-state index is 12.3. The lowest BCUT2D eigenvalue weighted by Gasteiger charge is -2.26. The first-order valence-corrected chi connectivity index (χ1v) is 7.26.